The summed E-state index contributed by atoms with van der Waals surface area (Å²) in [6.07, 6.45) is 6.63. The molecule has 0 aromatic rings. The van der Waals surface area contributed by atoms with Gasteiger partial charge in [-0.3, -0.25) is 0 Å². The summed E-state index contributed by atoms with van der Waals surface area (Å²) in [5.74, 6) is 2.63. The van der Waals surface area contributed by atoms with Crippen molar-refractivity contribution in [1.82, 2.24) is 4.90 Å². The van der Waals surface area contributed by atoms with Crippen LogP contribution < -0.4 is 0 Å². The van der Waals surface area contributed by atoms with Crippen LogP contribution in [0.15, 0.2) is 0 Å². The Balaban J connectivity index is 2.04. The Morgan fingerprint density at radius 3 is 2.20 bits per heavy atom. The molecule has 1 nitrogen and oxygen atoms in total. The Bertz CT molecular complexity index is 151. The predicted octanol–water partition coefficient (Wildman–Crippen LogP) is 3.76. The summed E-state index contributed by atoms with van der Waals surface area (Å²) in [4.78, 5) is 2.65. The predicted molar refractivity (Wildman–Crippen MR) is 68.6 cm³/mol. The summed E-state index contributed by atoms with van der Waals surface area (Å²) in [5, 5.41) is 0. The maximum atomic E-state index is 5.66. The molecule has 1 fully saturated rings. The van der Waals surface area contributed by atoms with Gasteiger partial charge in [0.2, 0.25) is 0 Å². The summed E-state index contributed by atoms with van der Waals surface area (Å²) < 4.78 is 0. The van der Waals surface area contributed by atoms with E-state index in [1.807, 2.05) is 0 Å². The molecular weight excluding hydrogens is 206 g/mol. The molecule has 2 atom stereocenters. The Labute approximate surface area is 100 Å². The van der Waals surface area contributed by atoms with Gasteiger partial charge in [0.25, 0.3) is 0 Å². The maximum absolute atomic E-state index is 5.66. The summed E-state index contributed by atoms with van der Waals surface area (Å²) >= 11 is 5.66. The van der Waals surface area contributed by atoms with Crippen LogP contribution in [0.3, 0.4) is 0 Å². The van der Waals surface area contributed by atoms with Crippen LogP contribution in [-0.2, 0) is 0 Å². The molecule has 1 saturated heterocycles. The lowest BCUT2D eigenvalue weighted by molar-refractivity contribution is 0.139. The highest BCUT2D eigenvalue weighted by atomic mass is 35.5. The number of alkyl halides is 1. The molecule has 2 heteroatoms. The third-order valence-corrected chi connectivity index (χ3v) is 3.57. The molecule has 1 rings (SSSR count). The largest absolute Gasteiger partial charge is 0.303 e. The molecule has 0 bridgehead atoms. The topological polar surface area (TPSA) is 3.24 Å². The third kappa shape index (κ3) is 5.77. The van der Waals surface area contributed by atoms with Gasteiger partial charge in [0.05, 0.1) is 0 Å². The van der Waals surface area contributed by atoms with Crippen LogP contribution in [0, 0.1) is 11.8 Å². The molecular formula is C13H26ClN. The van der Waals surface area contributed by atoms with Crippen molar-refractivity contribution in [3.05, 3.63) is 0 Å². The van der Waals surface area contributed by atoms with Crippen molar-refractivity contribution in [2.45, 2.75) is 46.0 Å². The van der Waals surface area contributed by atoms with E-state index in [-0.39, 0.29) is 0 Å². The lowest BCUT2D eigenvalue weighted by Crippen LogP contribution is -2.39. The van der Waals surface area contributed by atoms with E-state index < -0.39 is 0 Å². The lowest BCUT2D eigenvalue weighted by Gasteiger charge is -2.34. The van der Waals surface area contributed by atoms with Crippen molar-refractivity contribution in [2.24, 2.45) is 11.8 Å². The van der Waals surface area contributed by atoms with E-state index in [4.69, 9.17) is 11.6 Å². The molecule has 0 spiro atoms. The van der Waals surface area contributed by atoms with E-state index in [9.17, 15) is 0 Å². The maximum Gasteiger partial charge on any atom is 0.0223 e. The lowest BCUT2D eigenvalue weighted by atomic mass is 9.92. The van der Waals surface area contributed by atoms with Gasteiger partial charge in [0, 0.05) is 19.0 Å². The third-order valence-electron chi connectivity index (χ3n) is 3.30. The molecule has 1 aliphatic rings. The second-order valence-corrected chi connectivity index (χ2v) is 5.69. The number of likely N-dealkylation sites (tertiary alicyclic amines) is 1. The first-order valence-electron chi connectivity index (χ1n) is 6.50. The molecule has 1 heterocycles. The second kappa shape index (κ2) is 7.51. The Morgan fingerprint density at radius 2 is 1.60 bits per heavy atom. The second-order valence-electron chi connectivity index (χ2n) is 5.31. The van der Waals surface area contributed by atoms with Crippen LogP contribution in [0.4, 0.5) is 0 Å². The summed E-state index contributed by atoms with van der Waals surface area (Å²) in [6, 6.07) is 0. The highest BCUT2D eigenvalue weighted by Crippen LogP contribution is 2.21. The molecule has 0 aromatic heterocycles. The van der Waals surface area contributed by atoms with Crippen LogP contribution in [-0.4, -0.2) is 30.4 Å². The van der Waals surface area contributed by atoms with Gasteiger partial charge in [-0.05, 0) is 37.6 Å². The minimum Gasteiger partial charge on any atom is -0.303 e. The van der Waals surface area contributed by atoms with Gasteiger partial charge in [0.15, 0.2) is 0 Å². The van der Waals surface area contributed by atoms with E-state index >= 15 is 0 Å². The monoisotopic (exact) mass is 231 g/mol. The minimum absolute atomic E-state index is 0.831. The molecule has 0 aliphatic carbocycles. The Hall–Kier alpha value is 0.250. The number of nitrogens with zero attached hydrogens (tertiary/aromatic N) is 1. The number of hydrogen-bond acceptors (Lipinski definition) is 1. The van der Waals surface area contributed by atoms with Crippen molar-refractivity contribution in [2.75, 3.05) is 25.5 Å². The van der Waals surface area contributed by atoms with Crippen molar-refractivity contribution < 1.29 is 0 Å². The summed E-state index contributed by atoms with van der Waals surface area (Å²) in [6.45, 7) is 8.71. The van der Waals surface area contributed by atoms with Crippen LogP contribution in [0.1, 0.15) is 46.0 Å². The van der Waals surface area contributed by atoms with E-state index in [0.717, 1.165) is 17.7 Å². The quantitative estimate of drug-likeness (QED) is 0.497. The van der Waals surface area contributed by atoms with Crippen molar-refractivity contribution in [3.63, 3.8) is 0 Å². The smallest absolute Gasteiger partial charge is 0.0223 e. The van der Waals surface area contributed by atoms with E-state index in [0.29, 0.717) is 0 Å². The van der Waals surface area contributed by atoms with Gasteiger partial charge in [-0.1, -0.05) is 26.7 Å². The fourth-order valence-corrected chi connectivity index (χ4v) is 2.95. The molecule has 15 heavy (non-hydrogen) atoms. The normalized spacial score (nSPS) is 28.2. The Kier molecular flexibility index (Phi) is 6.67. The van der Waals surface area contributed by atoms with Gasteiger partial charge < -0.3 is 4.90 Å². The number of unbranched alkanes of at least 4 members (excludes halogenated alkanes) is 3. The average Bonchev–Trinajstić information content (AvgIpc) is 2.16. The molecule has 0 N–H and O–H groups in total. The van der Waals surface area contributed by atoms with Crippen molar-refractivity contribution >= 4 is 11.6 Å². The van der Waals surface area contributed by atoms with Crippen LogP contribution in [0.25, 0.3) is 0 Å². The zero-order chi connectivity index (χ0) is 11.1. The number of rotatable bonds is 6. The highest BCUT2D eigenvalue weighted by Gasteiger charge is 2.20. The zero-order valence-corrected chi connectivity index (χ0v) is 11.1. The molecule has 2 unspecified atom stereocenters. The van der Waals surface area contributed by atoms with Crippen molar-refractivity contribution in [1.29, 1.82) is 0 Å². The molecule has 0 amide bonds. The van der Waals surface area contributed by atoms with Gasteiger partial charge in [0.1, 0.15) is 0 Å². The van der Waals surface area contributed by atoms with Crippen LogP contribution in [0.2, 0.25) is 0 Å². The standard InChI is InChI=1S/C13H26ClN/c1-12-9-13(2)11-15(10-12)8-6-4-3-5-7-14/h12-13H,3-11H2,1-2H3. The number of piperidine rings is 1. The summed E-state index contributed by atoms with van der Waals surface area (Å²) in [7, 11) is 0. The van der Waals surface area contributed by atoms with Gasteiger partial charge in [-0.15, -0.1) is 11.6 Å². The van der Waals surface area contributed by atoms with E-state index in [2.05, 4.69) is 18.7 Å². The van der Waals surface area contributed by atoms with Crippen molar-refractivity contribution in [3.8, 4) is 0 Å². The van der Waals surface area contributed by atoms with Gasteiger partial charge >= 0.3 is 0 Å². The average molecular weight is 232 g/mol. The van der Waals surface area contributed by atoms with E-state index in [1.165, 1.54) is 51.7 Å². The van der Waals surface area contributed by atoms with Crippen LogP contribution in [0.5, 0.6) is 0 Å². The van der Waals surface area contributed by atoms with Gasteiger partial charge in [-0.25, -0.2) is 0 Å². The fourth-order valence-electron chi connectivity index (χ4n) is 2.76. The van der Waals surface area contributed by atoms with Crippen LogP contribution >= 0.6 is 11.6 Å². The molecule has 0 saturated carbocycles. The summed E-state index contributed by atoms with van der Waals surface area (Å²) in [5.41, 5.74) is 0. The molecule has 1 aliphatic heterocycles. The first kappa shape index (κ1) is 13.3. The molecule has 0 radical (unpaired) electrons. The first-order chi connectivity index (χ1) is 7.22. The molecule has 90 valence electrons. The SMILES string of the molecule is CC1CC(C)CN(CCCCCCCl)C1. The minimum atomic E-state index is 0.831. The van der Waals surface area contributed by atoms with Gasteiger partial charge in [-0.2, -0.15) is 0 Å². The highest BCUT2D eigenvalue weighted by molar-refractivity contribution is 6.17. The van der Waals surface area contributed by atoms with E-state index in [1.54, 1.807) is 0 Å². The fraction of sp³-hybridized carbons (Fsp3) is 1.00. The number of hydrogen-bond donors (Lipinski definition) is 0. The first-order valence-corrected chi connectivity index (χ1v) is 7.04. The Morgan fingerprint density at radius 1 is 1.00 bits per heavy atom. The zero-order valence-electron chi connectivity index (χ0n) is 10.3. The molecule has 0 aromatic carbocycles. The number of halogens is 1.